The Kier molecular flexibility index (Phi) is 10.4. The molecule has 0 aromatic carbocycles. The van der Waals surface area contributed by atoms with Gasteiger partial charge >= 0.3 is 5.97 Å². The molecule has 13 heteroatoms. The van der Waals surface area contributed by atoms with Crippen LogP contribution in [-0.2, 0) is 25.6 Å². The van der Waals surface area contributed by atoms with Gasteiger partial charge in [-0.05, 0) is 45.6 Å². The van der Waals surface area contributed by atoms with Gasteiger partial charge in [-0.25, -0.2) is 9.78 Å². The lowest BCUT2D eigenvalue weighted by Crippen LogP contribution is -2.58. The quantitative estimate of drug-likeness (QED) is 0.152. The third-order valence-corrected chi connectivity index (χ3v) is 5.82. The fraction of sp³-hybridized carbons (Fsp3) is 0.667. The molecule has 0 bridgehead atoms. The molecule has 2 rings (SSSR count). The number of rotatable bonds is 13. The molecule has 0 aliphatic carbocycles. The SMILES string of the molecule is CC(O)C(N)C(=O)NC(Cc1cnc[nH]1)C(=O)N1CCCC1C(=O)NC(CCCCN)C(=O)O. The molecule has 1 saturated heterocycles. The molecule has 0 saturated carbocycles. The molecule has 5 unspecified atom stereocenters. The number of nitrogens with two attached hydrogens (primary N) is 2. The van der Waals surface area contributed by atoms with Crippen molar-refractivity contribution < 1.29 is 29.4 Å². The highest BCUT2D eigenvalue weighted by Gasteiger charge is 2.39. The minimum atomic E-state index is -1.24. The molecular formula is C21H35N7O6. The number of hydrogen-bond donors (Lipinski definition) is 7. The van der Waals surface area contributed by atoms with Crippen LogP contribution >= 0.6 is 0 Å². The van der Waals surface area contributed by atoms with Crippen LogP contribution in [0.5, 0.6) is 0 Å². The van der Waals surface area contributed by atoms with Gasteiger partial charge in [0.25, 0.3) is 0 Å². The van der Waals surface area contributed by atoms with Gasteiger partial charge in [0.15, 0.2) is 0 Å². The maximum Gasteiger partial charge on any atom is 0.326 e. The first-order valence-electron chi connectivity index (χ1n) is 11.4. The highest BCUT2D eigenvalue weighted by atomic mass is 16.4. The molecule has 9 N–H and O–H groups in total. The summed E-state index contributed by atoms with van der Waals surface area (Å²) in [5.41, 5.74) is 11.7. The Bertz CT molecular complexity index is 832. The maximum absolute atomic E-state index is 13.4. The van der Waals surface area contributed by atoms with Crippen molar-refractivity contribution in [2.24, 2.45) is 11.5 Å². The van der Waals surface area contributed by atoms with Crippen LogP contribution in [0.1, 0.15) is 44.7 Å². The lowest BCUT2D eigenvalue weighted by atomic mass is 10.1. The van der Waals surface area contributed by atoms with Crippen LogP contribution in [0.15, 0.2) is 12.5 Å². The molecule has 190 valence electrons. The predicted octanol–water partition coefficient (Wildman–Crippen LogP) is -2.17. The Morgan fingerprint density at radius 2 is 2.00 bits per heavy atom. The number of aliphatic hydroxyl groups is 1. The molecular weight excluding hydrogens is 446 g/mol. The number of carbonyl (C=O) groups is 4. The molecule has 13 nitrogen and oxygen atoms in total. The van der Waals surface area contributed by atoms with Crippen LogP contribution in [0, 0.1) is 0 Å². The minimum absolute atomic E-state index is 0.0682. The Morgan fingerprint density at radius 3 is 2.59 bits per heavy atom. The number of aromatic amines is 1. The smallest absolute Gasteiger partial charge is 0.326 e. The van der Waals surface area contributed by atoms with Crippen molar-refractivity contribution in [3.8, 4) is 0 Å². The van der Waals surface area contributed by atoms with E-state index in [4.69, 9.17) is 11.5 Å². The Hall–Kier alpha value is -3.03. The van der Waals surface area contributed by atoms with Gasteiger partial charge in [-0.2, -0.15) is 0 Å². The van der Waals surface area contributed by atoms with Crippen LogP contribution in [0.4, 0.5) is 0 Å². The zero-order valence-electron chi connectivity index (χ0n) is 19.3. The third-order valence-electron chi connectivity index (χ3n) is 5.82. The summed E-state index contributed by atoms with van der Waals surface area (Å²) in [5.74, 6) is -2.93. The number of amides is 3. The van der Waals surface area contributed by atoms with Crippen molar-refractivity contribution in [1.29, 1.82) is 0 Å². The molecule has 0 spiro atoms. The fourth-order valence-corrected chi connectivity index (χ4v) is 3.82. The summed E-state index contributed by atoms with van der Waals surface area (Å²) in [6.07, 6.45) is 4.21. The molecule has 1 aromatic heterocycles. The number of aliphatic hydroxyl groups excluding tert-OH is 1. The molecule has 34 heavy (non-hydrogen) atoms. The lowest BCUT2D eigenvalue weighted by Gasteiger charge is -2.30. The van der Waals surface area contributed by atoms with Crippen LogP contribution in [0.25, 0.3) is 0 Å². The summed E-state index contributed by atoms with van der Waals surface area (Å²) >= 11 is 0. The number of hydrogen-bond acceptors (Lipinski definition) is 8. The second-order valence-electron chi connectivity index (χ2n) is 8.48. The van der Waals surface area contributed by atoms with Crippen LogP contribution < -0.4 is 22.1 Å². The Balaban J connectivity index is 2.14. The van der Waals surface area contributed by atoms with E-state index < -0.39 is 54.0 Å². The first-order chi connectivity index (χ1) is 16.1. The predicted molar refractivity (Wildman–Crippen MR) is 121 cm³/mol. The van der Waals surface area contributed by atoms with Crippen molar-refractivity contribution in [3.05, 3.63) is 18.2 Å². The molecule has 1 fully saturated rings. The van der Waals surface area contributed by atoms with Crippen molar-refractivity contribution >= 4 is 23.7 Å². The summed E-state index contributed by atoms with van der Waals surface area (Å²) in [4.78, 5) is 58.5. The number of carboxylic acid groups (broad SMARTS) is 1. The average Bonchev–Trinajstić information content (AvgIpc) is 3.48. The van der Waals surface area contributed by atoms with Crippen LogP contribution in [0.3, 0.4) is 0 Å². The van der Waals surface area contributed by atoms with E-state index in [1.165, 1.54) is 24.3 Å². The minimum Gasteiger partial charge on any atom is -0.480 e. The number of H-pyrrole nitrogens is 1. The third kappa shape index (κ3) is 7.50. The zero-order chi connectivity index (χ0) is 25.3. The van der Waals surface area contributed by atoms with E-state index in [0.29, 0.717) is 37.9 Å². The molecule has 2 heterocycles. The lowest BCUT2D eigenvalue weighted by molar-refractivity contribution is -0.145. The second kappa shape index (κ2) is 13.0. The van der Waals surface area contributed by atoms with Crippen molar-refractivity contribution in [1.82, 2.24) is 25.5 Å². The van der Waals surface area contributed by atoms with Gasteiger partial charge in [-0.15, -0.1) is 0 Å². The monoisotopic (exact) mass is 481 g/mol. The number of imidazole rings is 1. The molecule has 1 aliphatic rings. The molecule has 1 aromatic rings. The number of aliphatic carboxylic acids is 1. The maximum atomic E-state index is 13.4. The van der Waals surface area contributed by atoms with E-state index >= 15 is 0 Å². The highest BCUT2D eigenvalue weighted by Crippen LogP contribution is 2.20. The van der Waals surface area contributed by atoms with Crippen molar-refractivity contribution in [2.45, 2.75) is 75.7 Å². The topological polar surface area (TPSA) is 217 Å². The molecule has 5 atom stereocenters. The molecule has 0 radical (unpaired) electrons. The summed E-state index contributed by atoms with van der Waals surface area (Å²) in [7, 11) is 0. The van der Waals surface area contributed by atoms with E-state index in [1.807, 2.05) is 0 Å². The molecule has 3 amide bonds. The number of nitrogens with one attached hydrogen (secondary N) is 3. The number of carboxylic acids is 1. The van der Waals surface area contributed by atoms with Gasteiger partial charge in [0.05, 0.1) is 12.4 Å². The van der Waals surface area contributed by atoms with Gasteiger partial charge in [0, 0.05) is 24.9 Å². The van der Waals surface area contributed by atoms with E-state index in [0.717, 1.165) is 0 Å². The molecule has 1 aliphatic heterocycles. The van der Waals surface area contributed by atoms with Gasteiger partial charge in [0.1, 0.15) is 24.2 Å². The van der Waals surface area contributed by atoms with E-state index in [9.17, 15) is 29.4 Å². The standard InChI is InChI=1S/C21H35N7O6/c1-12(29)17(23)19(31)27-15(9-13-10-24-11-25-13)20(32)28-8-4-6-16(28)18(30)26-14(21(33)34)5-2-3-7-22/h10-12,14-17,29H,2-9,22-23H2,1H3,(H,24,25)(H,26,30)(H,27,31)(H,33,34). The number of nitrogens with zero attached hydrogens (tertiary/aromatic N) is 2. The van der Waals surface area contributed by atoms with E-state index in [-0.39, 0.29) is 19.4 Å². The number of unbranched alkanes of at least 4 members (excludes halogenated alkanes) is 1. The largest absolute Gasteiger partial charge is 0.480 e. The Morgan fingerprint density at radius 1 is 1.26 bits per heavy atom. The first kappa shape index (κ1) is 27.2. The number of carbonyl (C=O) groups excluding carboxylic acids is 3. The van der Waals surface area contributed by atoms with Gasteiger partial charge in [-0.3, -0.25) is 14.4 Å². The summed E-state index contributed by atoms with van der Waals surface area (Å²) in [6.45, 7) is 2.07. The normalized spacial score (nSPS) is 19.2. The summed E-state index contributed by atoms with van der Waals surface area (Å²) in [6, 6.07) is -4.25. The fourth-order valence-electron chi connectivity index (χ4n) is 3.82. The Labute approximate surface area is 197 Å². The van der Waals surface area contributed by atoms with E-state index in [2.05, 4.69) is 20.6 Å². The van der Waals surface area contributed by atoms with E-state index in [1.54, 1.807) is 0 Å². The summed E-state index contributed by atoms with van der Waals surface area (Å²) < 4.78 is 0. The zero-order valence-corrected chi connectivity index (χ0v) is 19.3. The number of aromatic nitrogens is 2. The highest BCUT2D eigenvalue weighted by molar-refractivity contribution is 5.94. The van der Waals surface area contributed by atoms with Crippen LogP contribution in [0.2, 0.25) is 0 Å². The van der Waals surface area contributed by atoms with Crippen molar-refractivity contribution in [3.63, 3.8) is 0 Å². The van der Waals surface area contributed by atoms with Crippen LogP contribution in [-0.4, -0.2) is 92.1 Å². The first-order valence-corrected chi connectivity index (χ1v) is 11.4. The summed E-state index contributed by atoms with van der Waals surface area (Å²) in [5, 5.41) is 24.2. The average molecular weight is 482 g/mol. The number of likely N-dealkylation sites (tertiary alicyclic amines) is 1. The van der Waals surface area contributed by atoms with Gasteiger partial charge in [-0.1, -0.05) is 0 Å². The van der Waals surface area contributed by atoms with Gasteiger partial charge < -0.3 is 42.2 Å². The second-order valence-corrected chi connectivity index (χ2v) is 8.48. The van der Waals surface area contributed by atoms with Gasteiger partial charge in [0.2, 0.25) is 17.7 Å². The van der Waals surface area contributed by atoms with Crippen molar-refractivity contribution in [2.75, 3.05) is 13.1 Å².